The Hall–Kier alpha value is -1.65. The van der Waals surface area contributed by atoms with Crippen molar-refractivity contribution >= 4 is 11.9 Å². The molecule has 1 aliphatic heterocycles. The number of hydrogen-bond acceptors (Lipinski definition) is 4. The van der Waals surface area contributed by atoms with E-state index in [1.54, 1.807) is 12.4 Å². The van der Waals surface area contributed by atoms with Gasteiger partial charge in [-0.1, -0.05) is 13.8 Å². The number of piperidine rings is 1. The molecule has 1 aromatic heterocycles. The van der Waals surface area contributed by atoms with Crippen molar-refractivity contribution in [3.05, 3.63) is 18.5 Å². The summed E-state index contributed by atoms with van der Waals surface area (Å²) < 4.78 is 0. The molecule has 0 aliphatic carbocycles. The molecule has 5 nitrogen and oxygen atoms in total. The van der Waals surface area contributed by atoms with Gasteiger partial charge in [0.05, 0.1) is 0 Å². The van der Waals surface area contributed by atoms with Crippen LogP contribution in [0.1, 0.15) is 26.7 Å². The molecule has 18 heavy (non-hydrogen) atoms. The Morgan fingerprint density at radius 1 is 1.33 bits per heavy atom. The van der Waals surface area contributed by atoms with Crippen LogP contribution in [0.4, 0.5) is 5.95 Å². The molecule has 0 atom stereocenters. The molecular weight excluding hydrogens is 228 g/mol. The van der Waals surface area contributed by atoms with Crippen molar-refractivity contribution in [2.45, 2.75) is 32.7 Å². The Labute approximate surface area is 108 Å². The number of amides is 1. The number of carbonyl (C=O) groups is 1. The Morgan fingerprint density at radius 3 is 2.50 bits per heavy atom. The summed E-state index contributed by atoms with van der Waals surface area (Å²) in [6.45, 7) is 5.63. The van der Waals surface area contributed by atoms with Crippen molar-refractivity contribution in [2.75, 3.05) is 18.0 Å². The maximum atomic E-state index is 11.6. The molecule has 0 bridgehead atoms. The summed E-state index contributed by atoms with van der Waals surface area (Å²) in [7, 11) is 0. The zero-order chi connectivity index (χ0) is 13.0. The van der Waals surface area contributed by atoms with Crippen LogP contribution in [0.5, 0.6) is 0 Å². The van der Waals surface area contributed by atoms with Gasteiger partial charge in [0.1, 0.15) is 0 Å². The molecule has 1 aromatic rings. The minimum atomic E-state index is 0.0560. The fourth-order valence-corrected chi connectivity index (χ4v) is 2.05. The molecule has 0 unspecified atom stereocenters. The lowest BCUT2D eigenvalue weighted by Crippen LogP contribution is -2.46. The predicted molar refractivity (Wildman–Crippen MR) is 70.2 cm³/mol. The van der Waals surface area contributed by atoms with Gasteiger partial charge in [-0.3, -0.25) is 4.79 Å². The first-order chi connectivity index (χ1) is 8.66. The van der Waals surface area contributed by atoms with Crippen molar-refractivity contribution in [3.8, 4) is 0 Å². The van der Waals surface area contributed by atoms with E-state index in [0.29, 0.717) is 6.04 Å². The van der Waals surface area contributed by atoms with Crippen LogP contribution < -0.4 is 10.2 Å². The van der Waals surface area contributed by atoms with E-state index in [0.717, 1.165) is 31.9 Å². The molecule has 98 valence electrons. The van der Waals surface area contributed by atoms with E-state index in [1.165, 1.54) is 0 Å². The lowest BCUT2D eigenvalue weighted by molar-refractivity contribution is -0.124. The fraction of sp³-hybridized carbons (Fsp3) is 0.615. The topological polar surface area (TPSA) is 58.1 Å². The second kappa shape index (κ2) is 5.80. The molecule has 1 N–H and O–H groups in total. The minimum absolute atomic E-state index is 0.0560. The van der Waals surface area contributed by atoms with E-state index in [2.05, 4.69) is 20.2 Å². The summed E-state index contributed by atoms with van der Waals surface area (Å²) in [5, 5.41) is 3.08. The van der Waals surface area contributed by atoms with Gasteiger partial charge in [-0.2, -0.15) is 0 Å². The van der Waals surface area contributed by atoms with Gasteiger partial charge in [0.15, 0.2) is 0 Å². The second-order valence-electron chi connectivity index (χ2n) is 4.97. The lowest BCUT2D eigenvalue weighted by Gasteiger charge is -2.32. The van der Waals surface area contributed by atoms with Gasteiger partial charge in [0.25, 0.3) is 0 Å². The number of rotatable bonds is 3. The third kappa shape index (κ3) is 3.18. The Balaban J connectivity index is 1.83. The molecule has 1 saturated heterocycles. The fourth-order valence-electron chi connectivity index (χ4n) is 2.05. The quantitative estimate of drug-likeness (QED) is 0.873. The summed E-state index contributed by atoms with van der Waals surface area (Å²) in [6, 6.07) is 2.11. The lowest BCUT2D eigenvalue weighted by atomic mass is 10.0. The number of carbonyl (C=O) groups excluding carboxylic acids is 1. The Morgan fingerprint density at radius 2 is 1.94 bits per heavy atom. The summed E-state index contributed by atoms with van der Waals surface area (Å²) in [4.78, 5) is 22.3. The number of anilines is 1. The van der Waals surface area contributed by atoms with Crippen LogP contribution in [0.3, 0.4) is 0 Å². The second-order valence-corrected chi connectivity index (χ2v) is 4.97. The van der Waals surface area contributed by atoms with Crippen molar-refractivity contribution < 1.29 is 4.79 Å². The van der Waals surface area contributed by atoms with E-state index in [1.807, 2.05) is 19.9 Å². The average molecular weight is 248 g/mol. The van der Waals surface area contributed by atoms with Crippen molar-refractivity contribution in [2.24, 2.45) is 5.92 Å². The number of nitrogens with zero attached hydrogens (tertiary/aromatic N) is 3. The van der Waals surface area contributed by atoms with Crippen LogP contribution in [0.2, 0.25) is 0 Å². The monoisotopic (exact) mass is 248 g/mol. The summed E-state index contributed by atoms with van der Waals surface area (Å²) in [5.41, 5.74) is 0. The van der Waals surface area contributed by atoms with E-state index in [-0.39, 0.29) is 11.8 Å². The summed E-state index contributed by atoms with van der Waals surface area (Å²) in [5.74, 6) is 0.982. The van der Waals surface area contributed by atoms with Gasteiger partial charge in [0.2, 0.25) is 11.9 Å². The number of aromatic nitrogens is 2. The van der Waals surface area contributed by atoms with Gasteiger partial charge in [-0.05, 0) is 18.9 Å². The zero-order valence-electron chi connectivity index (χ0n) is 11.0. The van der Waals surface area contributed by atoms with Crippen molar-refractivity contribution in [1.29, 1.82) is 0 Å². The largest absolute Gasteiger partial charge is 0.353 e. The van der Waals surface area contributed by atoms with Gasteiger partial charge in [0, 0.05) is 37.4 Å². The first-order valence-corrected chi connectivity index (χ1v) is 6.49. The molecule has 0 saturated carbocycles. The molecule has 5 heteroatoms. The maximum Gasteiger partial charge on any atom is 0.225 e. The molecular formula is C13H20N4O. The van der Waals surface area contributed by atoms with Gasteiger partial charge < -0.3 is 10.2 Å². The molecule has 0 spiro atoms. The molecule has 1 fully saturated rings. The SMILES string of the molecule is CC(C)C(=O)NC1CCN(c2ncccn2)CC1. The first kappa shape index (κ1) is 12.8. The molecule has 2 rings (SSSR count). The highest BCUT2D eigenvalue weighted by molar-refractivity contribution is 5.78. The molecule has 1 amide bonds. The molecule has 1 aliphatic rings. The van der Waals surface area contributed by atoms with Crippen molar-refractivity contribution in [3.63, 3.8) is 0 Å². The average Bonchev–Trinajstić information content (AvgIpc) is 2.40. The molecule has 0 radical (unpaired) electrons. The number of nitrogens with one attached hydrogen (secondary N) is 1. The number of hydrogen-bond donors (Lipinski definition) is 1. The van der Waals surface area contributed by atoms with Crippen LogP contribution in [-0.4, -0.2) is 35.0 Å². The van der Waals surface area contributed by atoms with E-state index in [9.17, 15) is 4.79 Å². The highest BCUT2D eigenvalue weighted by Gasteiger charge is 2.22. The predicted octanol–water partition coefficient (Wildman–Crippen LogP) is 1.22. The maximum absolute atomic E-state index is 11.6. The van der Waals surface area contributed by atoms with Crippen molar-refractivity contribution in [1.82, 2.24) is 15.3 Å². The molecule has 2 heterocycles. The molecule has 0 aromatic carbocycles. The van der Waals surface area contributed by atoms with Gasteiger partial charge in [-0.25, -0.2) is 9.97 Å². The standard InChI is InChI=1S/C13H20N4O/c1-10(2)12(18)16-11-4-8-17(9-5-11)13-14-6-3-7-15-13/h3,6-7,10-11H,4-5,8-9H2,1-2H3,(H,16,18). The van der Waals surface area contributed by atoms with E-state index < -0.39 is 0 Å². The van der Waals surface area contributed by atoms with Crippen LogP contribution in [-0.2, 0) is 4.79 Å². The smallest absolute Gasteiger partial charge is 0.225 e. The third-order valence-corrected chi connectivity index (χ3v) is 3.20. The van der Waals surface area contributed by atoms with Crippen LogP contribution in [0.15, 0.2) is 18.5 Å². The summed E-state index contributed by atoms with van der Waals surface area (Å²) >= 11 is 0. The highest BCUT2D eigenvalue weighted by Crippen LogP contribution is 2.15. The Kier molecular flexibility index (Phi) is 4.12. The highest BCUT2D eigenvalue weighted by atomic mass is 16.1. The summed E-state index contributed by atoms with van der Waals surface area (Å²) in [6.07, 6.45) is 5.43. The minimum Gasteiger partial charge on any atom is -0.353 e. The van der Waals surface area contributed by atoms with Gasteiger partial charge >= 0.3 is 0 Å². The third-order valence-electron chi connectivity index (χ3n) is 3.20. The van der Waals surface area contributed by atoms with Gasteiger partial charge in [-0.15, -0.1) is 0 Å². The zero-order valence-corrected chi connectivity index (χ0v) is 11.0. The Bertz CT molecular complexity index is 385. The first-order valence-electron chi connectivity index (χ1n) is 6.49. The van der Waals surface area contributed by atoms with E-state index >= 15 is 0 Å². The normalized spacial score (nSPS) is 16.9. The van der Waals surface area contributed by atoms with Crippen LogP contribution in [0, 0.1) is 5.92 Å². The van der Waals surface area contributed by atoms with Crippen LogP contribution in [0.25, 0.3) is 0 Å². The van der Waals surface area contributed by atoms with Crippen LogP contribution >= 0.6 is 0 Å². The van der Waals surface area contributed by atoms with E-state index in [4.69, 9.17) is 0 Å².